The van der Waals surface area contributed by atoms with Crippen molar-refractivity contribution in [1.29, 1.82) is 0 Å². The number of guanidine groups is 1. The lowest BCUT2D eigenvalue weighted by Gasteiger charge is -2.25. The average molecular weight is 505 g/mol. The summed E-state index contributed by atoms with van der Waals surface area (Å²) >= 11 is 6.02. The van der Waals surface area contributed by atoms with Gasteiger partial charge in [0, 0.05) is 43.1 Å². The second-order valence-electron chi connectivity index (χ2n) is 6.24. The van der Waals surface area contributed by atoms with Gasteiger partial charge in [0.15, 0.2) is 11.8 Å². The van der Waals surface area contributed by atoms with Crippen molar-refractivity contribution >= 4 is 41.5 Å². The first-order chi connectivity index (χ1) is 12.6. The molecule has 27 heavy (non-hydrogen) atoms. The third-order valence-electron chi connectivity index (χ3n) is 4.48. The maximum absolute atomic E-state index is 6.02. The first-order valence-corrected chi connectivity index (χ1v) is 9.23. The monoisotopic (exact) mass is 504 g/mol. The van der Waals surface area contributed by atoms with E-state index in [-0.39, 0.29) is 30.0 Å². The Morgan fingerprint density at radius 2 is 2.26 bits per heavy atom. The Morgan fingerprint density at radius 1 is 1.44 bits per heavy atom. The molecule has 0 bridgehead atoms. The summed E-state index contributed by atoms with van der Waals surface area (Å²) < 4.78 is 7.40. The van der Waals surface area contributed by atoms with Crippen molar-refractivity contribution in [3.05, 3.63) is 40.4 Å². The van der Waals surface area contributed by atoms with Crippen molar-refractivity contribution in [2.75, 3.05) is 14.2 Å². The van der Waals surface area contributed by atoms with Crippen LogP contribution in [0.15, 0.2) is 23.2 Å². The van der Waals surface area contributed by atoms with Gasteiger partial charge in [-0.1, -0.05) is 24.6 Å². The van der Waals surface area contributed by atoms with E-state index in [4.69, 9.17) is 16.3 Å². The van der Waals surface area contributed by atoms with Crippen molar-refractivity contribution in [3.63, 3.8) is 0 Å². The minimum Gasteiger partial charge on any atom is -0.496 e. The molecule has 2 N–H and O–H groups in total. The van der Waals surface area contributed by atoms with E-state index in [1.165, 1.54) is 0 Å². The number of aromatic nitrogens is 3. The van der Waals surface area contributed by atoms with E-state index in [1.54, 1.807) is 14.2 Å². The molecule has 0 fully saturated rings. The summed E-state index contributed by atoms with van der Waals surface area (Å²) in [7, 11) is 3.41. The highest BCUT2D eigenvalue weighted by Crippen LogP contribution is 2.22. The molecule has 2 aromatic rings. The number of nitrogens with zero attached hydrogens (tertiary/aromatic N) is 4. The molecular formula is C18H26ClIN6O. The second-order valence-corrected chi connectivity index (χ2v) is 6.68. The lowest BCUT2D eigenvalue weighted by atomic mass is 10.1. The smallest absolute Gasteiger partial charge is 0.191 e. The average Bonchev–Trinajstić information content (AvgIpc) is 3.08. The highest BCUT2D eigenvalue weighted by Gasteiger charge is 2.22. The van der Waals surface area contributed by atoms with Gasteiger partial charge in [0.05, 0.1) is 13.7 Å². The molecule has 3 rings (SSSR count). The van der Waals surface area contributed by atoms with Crippen molar-refractivity contribution in [1.82, 2.24) is 25.4 Å². The Morgan fingerprint density at radius 3 is 2.96 bits per heavy atom. The van der Waals surface area contributed by atoms with Crippen LogP contribution < -0.4 is 15.4 Å². The lowest BCUT2D eigenvalue weighted by molar-refractivity contribution is 0.391. The Labute approximate surface area is 182 Å². The highest BCUT2D eigenvalue weighted by molar-refractivity contribution is 14.0. The Bertz CT molecular complexity index is 794. The molecule has 0 saturated carbocycles. The van der Waals surface area contributed by atoms with Crippen LogP contribution in [0.2, 0.25) is 5.02 Å². The molecule has 1 aromatic carbocycles. The third-order valence-corrected chi connectivity index (χ3v) is 4.71. The number of rotatable bonds is 5. The van der Waals surface area contributed by atoms with Gasteiger partial charge in [-0.3, -0.25) is 4.99 Å². The van der Waals surface area contributed by atoms with Crippen LogP contribution in [0.25, 0.3) is 0 Å². The predicted molar refractivity (Wildman–Crippen MR) is 118 cm³/mol. The van der Waals surface area contributed by atoms with E-state index >= 15 is 0 Å². The molecule has 1 aliphatic heterocycles. The Kier molecular flexibility index (Phi) is 8.15. The fourth-order valence-electron chi connectivity index (χ4n) is 3.06. The van der Waals surface area contributed by atoms with Crippen LogP contribution >= 0.6 is 35.6 Å². The zero-order valence-corrected chi connectivity index (χ0v) is 18.9. The van der Waals surface area contributed by atoms with Gasteiger partial charge >= 0.3 is 0 Å². The summed E-state index contributed by atoms with van der Waals surface area (Å²) in [5, 5.41) is 12.0. The highest BCUT2D eigenvalue weighted by atomic mass is 127. The maximum atomic E-state index is 6.02. The molecular weight excluding hydrogens is 479 g/mol. The molecule has 0 radical (unpaired) electrons. The minimum absolute atomic E-state index is 0. The molecule has 148 valence electrons. The minimum atomic E-state index is 0. The molecule has 0 spiro atoms. The number of hydrogen-bond acceptors (Lipinski definition) is 4. The predicted octanol–water partition coefficient (Wildman–Crippen LogP) is 2.80. The molecule has 0 aliphatic carbocycles. The van der Waals surface area contributed by atoms with Gasteiger partial charge in [-0.25, -0.2) is 9.67 Å². The molecule has 1 aromatic heterocycles. The summed E-state index contributed by atoms with van der Waals surface area (Å²) in [5.74, 6) is 3.51. The van der Waals surface area contributed by atoms with Crippen molar-refractivity contribution in [2.45, 2.75) is 45.3 Å². The molecule has 1 unspecified atom stereocenters. The number of nitrogens with one attached hydrogen (secondary N) is 2. The quantitative estimate of drug-likeness (QED) is 0.372. The first kappa shape index (κ1) is 21.7. The van der Waals surface area contributed by atoms with Gasteiger partial charge in [-0.15, -0.1) is 24.0 Å². The van der Waals surface area contributed by atoms with Crippen LogP contribution in [0.3, 0.4) is 0 Å². The summed E-state index contributed by atoms with van der Waals surface area (Å²) in [6.45, 7) is 3.47. The third kappa shape index (κ3) is 5.47. The SMILES string of the molecule is CCc1nc2n(n1)CC(NC(=NC)NCc1ccc(Cl)cc1OC)CC2.I. The number of ether oxygens (including phenoxy) is 1. The molecule has 0 saturated heterocycles. The first-order valence-electron chi connectivity index (χ1n) is 8.85. The van der Waals surface area contributed by atoms with Gasteiger partial charge < -0.3 is 15.4 Å². The number of methoxy groups -OCH3 is 1. The molecule has 9 heteroatoms. The van der Waals surface area contributed by atoms with Crippen molar-refractivity contribution in [2.24, 2.45) is 4.99 Å². The van der Waals surface area contributed by atoms with Gasteiger partial charge in [0.2, 0.25) is 0 Å². The van der Waals surface area contributed by atoms with Crippen LogP contribution in [0.1, 0.15) is 30.6 Å². The molecule has 2 heterocycles. The topological polar surface area (TPSA) is 76.4 Å². The number of benzene rings is 1. The zero-order chi connectivity index (χ0) is 18.5. The summed E-state index contributed by atoms with van der Waals surface area (Å²) in [5.41, 5.74) is 1.02. The largest absolute Gasteiger partial charge is 0.496 e. The number of aryl methyl sites for hydroxylation is 2. The molecule has 7 nitrogen and oxygen atoms in total. The van der Waals surface area contributed by atoms with Crippen molar-refractivity contribution < 1.29 is 4.74 Å². The van der Waals surface area contributed by atoms with Gasteiger partial charge in [0.1, 0.15) is 11.6 Å². The number of aliphatic imine (C=N–C) groups is 1. The number of fused-ring (bicyclic) bond motifs is 1. The van der Waals surface area contributed by atoms with Crippen LogP contribution in [0, 0.1) is 0 Å². The summed E-state index contributed by atoms with van der Waals surface area (Å²) in [4.78, 5) is 8.89. The summed E-state index contributed by atoms with van der Waals surface area (Å²) in [6.07, 6.45) is 2.80. The number of halogens is 2. The van der Waals surface area contributed by atoms with E-state index in [0.29, 0.717) is 11.6 Å². The molecule has 0 amide bonds. The summed E-state index contributed by atoms with van der Waals surface area (Å²) in [6, 6.07) is 5.90. The zero-order valence-electron chi connectivity index (χ0n) is 15.8. The van der Waals surface area contributed by atoms with Gasteiger partial charge in [-0.2, -0.15) is 5.10 Å². The fourth-order valence-corrected chi connectivity index (χ4v) is 3.22. The fraction of sp³-hybridized carbons (Fsp3) is 0.500. The van der Waals surface area contributed by atoms with E-state index in [2.05, 4.69) is 32.6 Å². The van der Waals surface area contributed by atoms with Crippen LogP contribution in [-0.4, -0.2) is 40.9 Å². The van der Waals surface area contributed by atoms with E-state index < -0.39 is 0 Å². The number of hydrogen-bond donors (Lipinski definition) is 2. The van der Waals surface area contributed by atoms with Gasteiger partial charge in [-0.05, 0) is 18.6 Å². The maximum Gasteiger partial charge on any atom is 0.191 e. The lowest BCUT2D eigenvalue weighted by Crippen LogP contribution is -2.46. The Balaban J connectivity index is 0.00000261. The van der Waals surface area contributed by atoms with Crippen LogP contribution in [0.5, 0.6) is 5.75 Å². The van der Waals surface area contributed by atoms with Gasteiger partial charge in [0.25, 0.3) is 0 Å². The van der Waals surface area contributed by atoms with E-state index in [1.807, 2.05) is 22.9 Å². The van der Waals surface area contributed by atoms with Crippen LogP contribution in [-0.2, 0) is 25.9 Å². The standard InChI is InChI=1S/C18H25ClN6O.HI/c1-4-16-23-17-8-7-14(11-25(17)24-16)22-18(20-2)21-10-12-5-6-13(19)9-15(12)26-3;/h5-6,9,14H,4,7-8,10-11H2,1-3H3,(H2,20,21,22);1H. The van der Waals surface area contributed by atoms with E-state index in [0.717, 1.165) is 54.7 Å². The second kappa shape index (κ2) is 10.1. The van der Waals surface area contributed by atoms with Crippen LogP contribution in [0.4, 0.5) is 0 Å². The van der Waals surface area contributed by atoms with E-state index in [9.17, 15) is 0 Å². The van der Waals surface area contributed by atoms with Crippen molar-refractivity contribution in [3.8, 4) is 5.75 Å². The molecule has 1 aliphatic rings. The molecule has 1 atom stereocenters. The normalized spacial score (nSPS) is 16.3. The Hall–Kier alpha value is -1.55.